The number of hydrogen-bond acceptors (Lipinski definition) is 3. The Balaban J connectivity index is 1.81. The van der Waals surface area contributed by atoms with Gasteiger partial charge in [-0.25, -0.2) is 0 Å². The lowest BCUT2D eigenvalue weighted by Gasteiger charge is -2.37. The molecule has 0 unspecified atom stereocenters. The van der Waals surface area contributed by atoms with Gasteiger partial charge in [-0.3, -0.25) is 4.79 Å². The van der Waals surface area contributed by atoms with Crippen LogP contribution < -0.4 is 0 Å². The summed E-state index contributed by atoms with van der Waals surface area (Å²) in [4.78, 5) is 16.1. The van der Waals surface area contributed by atoms with E-state index >= 15 is 0 Å². The first kappa shape index (κ1) is 9.30. The van der Waals surface area contributed by atoms with Gasteiger partial charge in [0.1, 0.15) is 0 Å². The standard InChI is InChI=1S/C8H12N4O2/c9-11-10-7-3-12(4-7)8(13)6-1-2-14-5-6/h6-7H,1-5H2/t6-/m1/s1. The van der Waals surface area contributed by atoms with Gasteiger partial charge in [0.25, 0.3) is 0 Å². The summed E-state index contributed by atoms with van der Waals surface area (Å²) in [6.07, 6.45) is 0.821. The van der Waals surface area contributed by atoms with Crippen LogP contribution in [0.25, 0.3) is 10.4 Å². The second-order valence-electron chi connectivity index (χ2n) is 3.66. The summed E-state index contributed by atoms with van der Waals surface area (Å²) in [6, 6.07) is -0.0220. The Morgan fingerprint density at radius 3 is 2.93 bits per heavy atom. The van der Waals surface area contributed by atoms with E-state index in [-0.39, 0.29) is 17.9 Å². The van der Waals surface area contributed by atoms with Gasteiger partial charge in [0, 0.05) is 24.6 Å². The smallest absolute Gasteiger partial charge is 0.228 e. The molecule has 0 bridgehead atoms. The predicted octanol–water partition coefficient (Wildman–Crippen LogP) is 0.544. The van der Waals surface area contributed by atoms with E-state index < -0.39 is 0 Å². The van der Waals surface area contributed by atoms with Gasteiger partial charge >= 0.3 is 0 Å². The predicted molar refractivity (Wildman–Crippen MR) is 48.4 cm³/mol. The minimum atomic E-state index is -0.0220. The normalized spacial score (nSPS) is 26.9. The van der Waals surface area contributed by atoms with E-state index in [1.807, 2.05) is 0 Å². The van der Waals surface area contributed by atoms with Crippen LogP contribution in [-0.4, -0.2) is 43.2 Å². The number of azide groups is 1. The average Bonchev–Trinajstić information content (AvgIpc) is 2.62. The number of nitrogens with zero attached hydrogens (tertiary/aromatic N) is 4. The molecule has 2 rings (SSSR count). The Kier molecular flexibility index (Phi) is 2.56. The van der Waals surface area contributed by atoms with Gasteiger partial charge in [0.15, 0.2) is 0 Å². The minimum Gasteiger partial charge on any atom is -0.381 e. The van der Waals surface area contributed by atoms with Crippen LogP contribution in [0.5, 0.6) is 0 Å². The highest BCUT2D eigenvalue weighted by atomic mass is 16.5. The van der Waals surface area contributed by atoms with Crippen LogP contribution in [0.3, 0.4) is 0 Å². The van der Waals surface area contributed by atoms with Gasteiger partial charge in [-0.15, -0.1) is 0 Å². The van der Waals surface area contributed by atoms with Crippen molar-refractivity contribution in [1.82, 2.24) is 4.90 Å². The summed E-state index contributed by atoms with van der Waals surface area (Å²) >= 11 is 0. The molecule has 0 spiro atoms. The van der Waals surface area contributed by atoms with E-state index in [0.29, 0.717) is 26.3 Å². The quantitative estimate of drug-likeness (QED) is 0.367. The molecule has 14 heavy (non-hydrogen) atoms. The highest BCUT2D eigenvalue weighted by Crippen LogP contribution is 2.20. The Labute approximate surface area is 81.5 Å². The topological polar surface area (TPSA) is 78.3 Å². The van der Waals surface area contributed by atoms with E-state index in [1.54, 1.807) is 4.90 Å². The molecular weight excluding hydrogens is 184 g/mol. The van der Waals surface area contributed by atoms with Crippen molar-refractivity contribution in [3.8, 4) is 0 Å². The maximum atomic E-state index is 11.7. The van der Waals surface area contributed by atoms with Crippen molar-refractivity contribution in [3.63, 3.8) is 0 Å². The van der Waals surface area contributed by atoms with Crippen LogP contribution in [0.15, 0.2) is 5.11 Å². The van der Waals surface area contributed by atoms with Gasteiger partial charge in [0.05, 0.1) is 18.6 Å². The van der Waals surface area contributed by atoms with Crippen molar-refractivity contribution in [2.75, 3.05) is 26.3 Å². The third-order valence-electron chi connectivity index (χ3n) is 2.67. The molecule has 0 aromatic carbocycles. The molecule has 0 radical (unpaired) electrons. The van der Waals surface area contributed by atoms with Gasteiger partial charge in [-0.1, -0.05) is 5.11 Å². The molecule has 6 heteroatoms. The van der Waals surface area contributed by atoms with Gasteiger partial charge in [0.2, 0.25) is 5.91 Å². The molecule has 2 fully saturated rings. The lowest BCUT2D eigenvalue weighted by Crippen LogP contribution is -2.54. The van der Waals surface area contributed by atoms with Crippen molar-refractivity contribution >= 4 is 5.91 Å². The number of likely N-dealkylation sites (tertiary alicyclic amines) is 1. The van der Waals surface area contributed by atoms with E-state index in [1.165, 1.54) is 0 Å². The molecule has 2 heterocycles. The van der Waals surface area contributed by atoms with Gasteiger partial charge in [-0.05, 0) is 12.0 Å². The molecule has 76 valence electrons. The first-order valence-electron chi connectivity index (χ1n) is 4.72. The zero-order chi connectivity index (χ0) is 9.97. The van der Waals surface area contributed by atoms with E-state index in [0.717, 1.165) is 6.42 Å². The zero-order valence-electron chi connectivity index (χ0n) is 7.80. The molecule has 6 nitrogen and oxygen atoms in total. The lowest BCUT2D eigenvalue weighted by molar-refractivity contribution is -0.139. The van der Waals surface area contributed by atoms with Crippen LogP contribution >= 0.6 is 0 Å². The summed E-state index contributed by atoms with van der Waals surface area (Å²) in [5.74, 6) is 0.175. The number of ether oxygens (including phenoxy) is 1. The summed E-state index contributed by atoms with van der Waals surface area (Å²) in [5.41, 5.74) is 8.17. The van der Waals surface area contributed by atoms with E-state index in [2.05, 4.69) is 10.0 Å². The SMILES string of the molecule is [N-]=[N+]=NC1CN(C(=O)[C@@H]2CCOC2)C1. The third kappa shape index (κ3) is 1.66. The largest absolute Gasteiger partial charge is 0.381 e. The fourth-order valence-corrected chi connectivity index (χ4v) is 1.77. The molecular formula is C8H12N4O2. The molecule has 0 N–H and O–H groups in total. The number of carbonyl (C=O) groups excluding carboxylic acids is 1. The van der Waals surface area contributed by atoms with Crippen LogP contribution in [0.1, 0.15) is 6.42 Å². The Bertz CT molecular complexity index is 275. The monoisotopic (exact) mass is 196 g/mol. The summed E-state index contributed by atoms with van der Waals surface area (Å²) in [6.45, 7) is 2.37. The number of hydrogen-bond donors (Lipinski definition) is 0. The van der Waals surface area contributed by atoms with Gasteiger partial charge in [-0.2, -0.15) is 0 Å². The van der Waals surface area contributed by atoms with Crippen LogP contribution in [-0.2, 0) is 9.53 Å². The Hall–Kier alpha value is -1.26. The van der Waals surface area contributed by atoms with E-state index in [9.17, 15) is 4.79 Å². The van der Waals surface area contributed by atoms with Crippen molar-refractivity contribution < 1.29 is 9.53 Å². The van der Waals surface area contributed by atoms with Crippen LogP contribution in [0.4, 0.5) is 0 Å². The minimum absolute atomic E-state index is 0.0220. The maximum Gasteiger partial charge on any atom is 0.228 e. The van der Waals surface area contributed by atoms with Crippen LogP contribution in [0, 0.1) is 5.92 Å². The van der Waals surface area contributed by atoms with Crippen molar-refractivity contribution in [1.29, 1.82) is 0 Å². The average molecular weight is 196 g/mol. The number of rotatable bonds is 2. The lowest BCUT2D eigenvalue weighted by atomic mass is 10.0. The molecule has 0 aromatic heterocycles. The molecule has 2 aliphatic rings. The highest BCUT2D eigenvalue weighted by molar-refractivity contribution is 5.80. The summed E-state index contributed by atoms with van der Waals surface area (Å²) in [7, 11) is 0. The van der Waals surface area contributed by atoms with E-state index in [4.69, 9.17) is 10.3 Å². The second kappa shape index (κ2) is 3.86. The first-order valence-corrected chi connectivity index (χ1v) is 4.72. The van der Waals surface area contributed by atoms with Crippen molar-refractivity contribution in [2.45, 2.75) is 12.5 Å². The number of amides is 1. The third-order valence-corrected chi connectivity index (χ3v) is 2.67. The zero-order valence-corrected chi connectivity index (χ0v) is 7.80. The Morgan fingerprint density at radius 1 is 1.57 bits per heavy atom. The Morgan fingerprint density at radius 2 is 2.36 bits per heavy atom. The van der Waals surface area contributed by atoms with Crippen molar-refractivity contribution in [2.24, 2.45) is 11.0 Å². The molecule has 2 saturated heterocycles. The molecule has 2 aliphatic heterocycles. The highest BCUT2D eigenvalue weighted by Gasteiger charge is 2.35. The van der Waals surface area contributed by atoms with Gasteiger partial charge < -0.3 is 9.64 Å². The van der Waals surface area contributed by atoms with Crippen molar-refractivity contribution in [3.05, 3.63) is 10.4 Å². The fourth-order valence-electron chi connectivity index (χ4n) is 1.77. The fraction of sp³-hybridized carbons (Fsp3) is 0.875. The van der Waals surface area contributed by atoms with Crippen LogP contribution in [0.2, 0.25) is 0 Å². The molecule has 0 aromatic rings. The molecule has 1 amide bonds. The molecule has 0 aliphatic carbocycles. The maximum absolute atomic E-state index is 11.7. The summed E-state index contributed by atoms with van der Waals surface area (Å²) in [5, 5.41) is 3.54. The number of carbonyl (C=O) groups is 1. The first-order chi connectivity index (χ1) is 6.81. The molecule has 1 atom stereocenters. The molecule has 0 saturated carbocycles. The summed E-state index contributed by atoms with van der Waals surface area (Å²) < 4.78 is 5.14. The second-order valence-corrected chi connectivity index (χ2v) is 3.66.